The number of thioether (sulfide) groups is 1. The first-order chi connectivity index (χ1) is 11.8. The van der Waals surface area contributed by atoms with E-state index in [0.717, 1.165) is 4.31 Å². The van der Waals surface area contributed by atoms with Crippen LogP contribution in [0.4, 0.5) is 5.69 Å². The maximum Gasteiger partial charge on any atom is 0.242 e. The van der Waals surface area contributed by atoms with Crippen LogP contribution in [0.1, 0.15) is 0 Å². The Kier molecular flexibility index (Phi) is 6.34. The molecular formula is C15H19N5O3S2. The maximum absolute atomic E-state index is 12.0. The quantitative estimate of drug-likeness (QED) is 0.549. The third kappa shape index (κ3) is 4.91. The number of nitrogens with zero attached hydrogens (tertiary/aromatic N) is 4. The van der Waals surface area contributed by atoms with Gasteiger partial charge in [0, 0.05) is 26.3 Å². The molecule has 1 aromatic heterocycles. The van der Waals surface area contributed by atoms with Crippen molar-refractivity contribution in [3.05, 3.63) is 43.2 Å². The minimum atomic E-state index is -3.48. The Balaban J connectivity index is 1.94. The number of carbonyl (C=O) groups is 1. The van der Waals surface area contributed by atoms with E-state index in [4.69, 9.17) is 0 Å². The average molecular weight is 381 g/mol. The lowest BCUT2D eigenvalue weighted by Crippen LogP contribution is -2.22. The van der Waals surface area contributed by atoms with Gasteiger partial charge in [-0.25, -0.2) is 12.7 Å². The summed E-state index contributed by atoms with van der Waals surface area (Å²) in [5.74, 6) is -0.0607. The molecule has 0 saturated carbocycles. The summed E-state index contributed by atoms with van der Waals surface area (Å²) >= 11 is 1.26. The molecule has 1 heterocycles. The number of hydrogen-bond acceptors (Lipinski definition) is 6. The van der Waals surface area contributed by atoms with Crippen LogP contribution in [0.2, 0.25) is 0 Å². The van der Waals surface area contributed by atoms with Gasteiger partial charge in [0.25, 0.3) is 0 Å². The SMILES string of the molecule is C=CCn1cnnc1SCC(=O)Nc1ccc(S(=O)(=O)N(C)C)cc1. The highest BCUT2D eigenvalue weighted by Crippen LogP contribution is 2.18. The molecule has 0 spiro atoms. The number of hydrogen-bond donors (Lipinski definition) is 1. The average Bonchev–Trinajstić information content (AvgIpc) is 3.01. The molecule has 25 heavy (non-hydrogen) atoms. The summed E-state index contributed by atoms with van der Waals surface area (Å²) in [5.41, 5.74) is 0.524. The Morgan fingerprint density at radius 2 is 2.04 bits per heavy atom. The lowest BCUT2D eigenvalue weighted by molar-refractivity contribution is -0.113. The topological polar surface area (TPSA) is 97.2 Å². The van der Waals surface area contributed by atoms with Crippen molar-refractivity contribution in [2.75, 3.05) is 25.2 Å². The molecule has 0 aliphatic rings. The summed E-state index contributed by atoms with van der Waals surface area (Å²) in [5, 5.41) is 11.1. The van der Waals surface area contributed by atoms with E-state index >= 15 is 0 Å². The zero-order valence-electron chi connectivity index (χ0n) is 13.9. The van der Waals surface area contributed by atoms with Crippen molar-refractivity contribution in [1.82, 2.24) is 19.1 Å². The zero-order valence-corrected chi connectivity index (χ0v) is 15.5. The number of aromatic nitrogens is 3. The van der Waals surface area contributed by atoms with Crippen molar-refractivity contribution in [2.45, 2.75) is 16.6 Å². The van der Waals surface area contributed by atoms with Gasteiger partial charge in [-0.1, -0.05) is 17.8 Å². The van der Waals surface area contributed by atoms with Gasteiger partial charge >= 0.3 is 0 Å². The van der Waals surface area contributed by atoms with E-state index in [1.165, 1.54) is 38.0 Å². The second-order valence-electron chi connectivity index (χ2n) is 5.20. The zero-order chi connectivity index (χ0) is 18.4. The summed E-state index contributed by atoms with van der Waals surface area (Å²) in [6, 6.07) is 6.02. The second-order valence-corrected chi connectivity index (χ2v) is 8.30. The first kappa shape index (κ1) is 19.2. The third-order valence-corrected chi connectivity index (χ3v) is 5.97. The lowest BCUT2D eigenvalue weighted by atomic mass is 10.3. The molecule has 0 unspecified atom stereocenters. The van der Waals surface area contributed by atoms with Crippen LogP contribution in [0.25, 0.3) is 0 Å². The minimum absolute atomic E-state index is 0.160. The standard InChI is InChI=1S/C15H19N5O3S2/c1-4-9-20-11-16-18-15(20)24-10-14(21)17-12-5-7-13(8-6-12)25(22,23)19(2)3/h4-8,11H,1,9-10H2,2-3H3,(H,17,21). The Hall–Kier alpha value is -2.17. The van der Waals surface area contributed by atoms with Crippen LogP contribution in [0.3, 0.4) is 0 Å². The van der Waals surface area contributed by atoms with Gasteiger partial charge in [-0.05, 0) is 24.3 Å². The van der Waals surface area contributed by atoms with Crippen LogP contribution < -0.4 is 5.32 Å². The number of amides is 1. The van der Waals surface area contributed by atoms with Crippen LogP contribution in [0.15, 0.2) is 53.3 Å². The highest BCUT2D eigenvalue weighted by atomic mass is 32.2. The monoisotopic (exact) mass is 381 g/mol. The number of rotatable bonds is 8. The van der Waals surface area contributed by atoms with Gasteiger partial charge in [-0.15, -0.1) is 16.8 Å². The Bertz CT molecular complexity index is 844. The van der Waals surface area contributed by atoms with Crippen molar-refractivity contribution < 1.29 is 13.2 Å². The van der Waals surface area contributed by atoms with Crippen LogP contribution in [-0.4, -0.2) is 53.2 Å². The first-order valence-electron chi connectivity index (χ1n) is 7.28. The summed E-state index contributed by atoms with van der Waals surface area (Å²) in [7, 11) is -0.551. The molecule has 1 N–H and O–H groups in total. The molecular weight excluding hydrogens is 362 g/mol. The minimum Gasteiger partial charge on any atom is -0.325 e. The van der Waals surface area contributed by atoms with Crippen LogP contribution in [-0.2, 0) is 21.4 Å². The van der Waals surface area contributed by atoms with Crippen molar-refractivity contribution in [1.29, 1.82) is 0 Å². The van der Waals surface area contributed by atoms with E-state index in [1.807, 2.05) is 0 Å². The molecule has 8 nitrogen and oxygen atoms in total. The van der Waals surface area contributed by atoms with Gasteiger partial charge in [0.15, 0.2) is 5.16 Å². The van der Waals surface area contributed by atoms with Crippen LogP contribution in [0, 0.1) is 0 Å². The Morgan fingerprint density at radius 1 is 1.36 bits per heavy atom. The first-order valence-corrected chi connectivity index (χ1v) is 9.71. The summed E-state index contributed by atoms with van der Waals surface area (Å²) in [4.78, 5) is 12.2. The van der Waals surface area contributed by atoms with Crippen molar-refractivity contribution in [3.63, 3.8) is 0 Å². The number of carbonyl (C=O) groups excluding carboxylic acids is 1. The van der Waals surface area contributed by atoms with Gasteiger partial charge in [0.2, 0.25) is 15.9 Å². The molecule has 0 aliphatic carbocycles. The highest BCUT2D eigenvalue weighted by molar-refractivity contribution is 7.99. The summed E-state index contributed by atoms with van der Waals surface area (Å²) in [6.45, 7) is 4.22. The van der Waals surface area contributed by atoms with E-state index < -0.39 is 10.0 Å². The molecule has 2 aromatic rings. The fourth-order valence-electron chi connectivity index (χ4n) is 1.87. The van der Waals surface area contributed by atoms with E-state index in [2.05, 4.69) is 22.1 Å². The highest BCUT2D eigenvalue weighted by Gasteiger charge is 2.16. The van der Waals surface area contributed by atoms with Crippen LogP contribution in [0.5, 0.6) is 0 Å². The molecule has 0 fully saturated rings. The molecule has 0 radical (unpaired) electrons. The number of benzene rings is 1. The van der Waals surface area contributed by atoms with E-state index in [0.29, 0.717) is 17.4 Å². The Morgan fingerprint density at radius 3 is 2.64 bits per heavy atom. The molecule has 134 valence electrons. The molecule has 0 bridgehead atoms. The molecule has 0 atom stereocenters. The molecule has 10 heteroatoms. The van der Waals surface area contributed by atoms with E-state index in [1.54, 1.807) is 29.1 Å². The molecule has 1 amide bonds. The molecule has 2 rings (SSSR count). The fourth-order valence-corrected chi connectivity index (χ4v) is 3.50. The van der Waals surface area contributed by atoms with Gasteiger partial charge in [-0.3, -0.25) is 4.79 Å². The lowest BCUT2D eigenvalue weighted by Gasteiger charge is -2.12. The second kappa shape index (κ2) is 8.28. The largest absolute Gasteiger partial charge is 0.325 e. The summed E-state index contributed by atoms with van der Waals surface area (Å²) < 4.78 is 26.9. The van der Waals surface area contributed by atoms with Gasteiger partial charge < -0.3 is 9.88 Å². The number of anilines is 1. The van der Waals surface area contributed by atoms with Gasteiger partial charge in [0.1, 0.15) is 6.33 Å². The van der Waals surface area contributed by atoms with E-state index in [-0.39, 0.29) is 16.6 Å². The summed E-state index contributed by atoms with van der Waals surface area (Å²) in [6.07, 6.45) is 3.29. The third-order valence-electron chi connectivity index (χ3n) is 3.15. The number of sulfonamides is 1. The van der Waals surface area contributed by atoms with Crippen molar-refractivity contribution in [2.24, 2.45) is 0 Å². The Labute approximate surface area is 151 Å². The molecule has 0 aliphatic heterocycles. The smallest absolute Gasteiger partial charge is 0.242 e. The normalized spacial score (nSPS) is 11.5. The fraction of sp³-hybridized carbons (Fsp3) is 0.267. The van der Waals surface area contributed by atoms with Crippen LogP contribution >= 0.6 is 11.8 Å². The predicted octanol–water partition coefficient (Wildman–Crippen LogP) is 1.45. The predicted molar refractivity (Wildman–Crippen MR) is 96.9 cm³/mol. The van der Waals surface area contributed by atoms with Crippen molar-refractivity contribution >= 4 is 33.4 Å². The van der Waals surface area contributed by atoms with Gasteiger partial charge in [0.05, 0.1) is 10.6 Å². The maximum atomic E-state index is 12.0. The van der Waals surface area contributed by atoms with E-state index in [9.17, 15) is 13.2 Å². The number of allylic oxidation sites excluding steroid dienone is 1. The molecule has 0 saturated heterocycles. The van der Waals surface area contributed by atoms with Crippen molar-refractivity contribution in [3.8, 4) is 0 Å². The number of nitrogens with one attached hydrogen (secondary N) is 1. The van der Waals surface area contributed by atoms with Gasteiger partial charge in [-0.2, -0.15) is 0 Å². The molecule has 1 aromatic carbocycles.